The van der Waals surface area contributed by atoms with Crippen LogP contribution in [0, 0.1) is 5.82 Å². The number of sulfonamides is 1. The highest BCUT2D eigenvalue weighted by Gasteiger charge is 2.18. The molecule has 0 amide bonds. The fraction of sp³-hybridized carbons (Fsp3) is 0.227. The molecule has 0 spiro atoms. The minimum Gasteiger partial charge on any atom is -0.293 e. The van der Waals surface area contributed by atoms with Gasteiger partial charge in [0.05, 0.1) is 10.6 Å². The van der Waals surface area contributed by atoms with Crippen molar-refractivity contribution in [3.63, 3.8) is 0 Å². The Morgan fingerprint density at radius 2 is 1.87 bits per heavy atom. The number of aromatic nitrogens is 2. The van der Waals surface area contributed by atoms with Gasteiger partial charge in [0.15, 0.2) is 0 Å². The monoisotopic (exact) mass is 504 g/mol. The van der Waals surface area contributed by atoms with E-state index in [4.69, 9.17) is 5.14 Å². The predicted octanol–water partition coefficient (Wildman–Crippen LogP) is 3.77. The van der Waals surface area contributed by atoms with Gasteiger partial charge in [0, 0.05) is 36.2 Å². The Morgan fingerprint density at radius 3 is 2.52 bits per heavy atom. The molecule has 1 aliphatic heterocycles. The Labute approximate surface area is 189 Å². The van der Waals surface area contributed by atoms with E-state index < -0.39 is 15.8 Å². The minimum absolute atomic E-state index is 0.185. The van der Waals surface area contributed by atoms with Crippen LogP contribution in [0.4, 0.5) is 4.39 Å². The molecule has 0 unspecified atom stereocenters. The van der Waals surface area contributed by atoms with Crippen molar-refractivity contribution in [2.75, 3.05) is 13.1 Å². The van der Waals surface area contributed by atoms with Crippen molar-refractivity contribution in [1.82, 2.24) is 14.7 Å². The summed E-state index contributed by atoms with van der Waals surface area (Å²) in [5.41, 5.74) is 2.88. The zero-order valence-corrected chi connectivity index (χ0v) is 19.1. The quantitative estimate of drug-likeness (QED) is 0.518. The number of hydrogen-bond donors (Lipinski definition) is 1. The SMILES string of the molecule is NS(=O)(=O)c1ccc(-n2nc(CN3CC=CCC3)cc2Cc2ccc(Br)cc2)c(F)c1. The smallest absolute Gasteiger partial charge is 0.238 e. The standard InChI is InChI=1S/C22H22BrFN4O2S/c23-17-6-4-16(5-7-17)12-19-13-18(15-27-10-2-1-3-11-27)26-28(19)22-9-8-20(14-21(22)24)31(25,29)30/h1-2,4-9,13-14H,3,10-12,15H2,(H2,25,29,30). The van der Waals surface area contributed by atoms with Crippen LogP contribution in [0.2, 0.25) is 0 Å². The third-order valence-corrected chi connectivity index (χ3v) is 6.58. The normalized spacial score (nSPS) is 14.8. The van der Waals surface area contributed by atoms with Crippen molar-refractivity contribution in [3.8, 4) is 5.69 Å². The molecule has 162 valence electrons. The third kappa shape index (κ3) is 5.30. The molecule has 0 atom stereocenters. The molecule has 0 saturated carbocycles. The molecule has 4 rings (SSSR count). The minimum atomic E-state index is -3.99. The Balaban J connectivity index is 1.72. The first-order valence-corrected chi connectivity index (χ1v) is 12.2. The maximum atomic E-state index is 14.9. The summed E-state index contributed by atoms with van der Waals surface area (Å²) in [6.45, 7) is 2.46. The number of primary sulfonamides is 1. The van der Waals surface area contributed by atoms with Crippen LogP contribution in [0.15, 0.2) is 70.1 Å². The molecular formula is C22H22BrFN4O2S. The topological polar surface area (TPSA) is 81.2 Å². The lowest BCUT2D eigenvalue weighted by molar-refractivity contribution is 0.286. The number of benzene rings is 2. The van der Waals surface area contributed by atoms with Crippen molar-refractivity contribution in [3.05, 3.63) is 87.9 Å². The van der Waals surface area contributed by atoms with Gasteiger partial charge in [-0.25, -0.2) is 22.6 Å². The van der Waals surface area contributed by atoms with E-state index in [1.54, 1.807) is 4.68 Å². The van der Waals surface area contributed by atoms with Gasteiger partial charge in [0.1, 0.15) is 11.5 Å². The van der Waals surface area contributed by atoms with Gasteiger partial charge in [-0.2, -0.15) is 5.10 Å². The number of nitrogens with two attached hydrogens (primary N) is 1. The molecule has 2 heterocycles. The van der Waals surface area contributed by atoms with E-state index in [0.29, 0.717) is 13.0 Å². The van der Waals surface area contributed by atoms with Crippen molar-refractivity contribution in [2.45, 2.75) is 24.3 Å². The molecule has 2 aromatic carbocycles. The molecule has 2 N–H and O–H groups in total. The van der Waals surface area contributed by atoms with Gasteiger partial charge in [-0.1, -0.05) is 40.2 Å². The molecule has 0 radical (unpaired) electrons. The van der Waals surface area contributed by atoms with Gasteiger partial charge >= 0.3 is 0 Å². The summed E-state index contributed by atoms with van der Waals surface area (Å²) >= 11 is 3.44. The van der Waals surface area contributed by atoms with Crippen LogP contribution >= 0.6 is 15.9 Å². The molecule has 0 fully saturated rings. The average Bonchev–Trinajstić information content (AvgIpc) is 3.11. The van der Waals surface area contributed by atoms with E-state index in [2.05, 4.69) is 38.1 Å². The summed E-state index contributed by atoms with van der Waals surface area (Å²) in [4.78, 5) is 2.01. The van der Waals surface area contributed by atoms with Gasteiger partial charge in [-0.15, -0.1) is 0 Å². The van der Waals surface area contributed by atoms with Gasteiger partial charge in [-0.3, -0.25) is 4.90 Å². The van der Waals surface area contributed by atoms with Crippen molar-refractivity contribution in [2.24, 2.45) is 5.14 Å². The van der Waals surface area contributed by atoms with E-state index >= 15 is 0 Å². The molecule has 0 aliphatic carbocycles. The summed E-state index contributed by atoms with van der Waals surface area (Å²) in [5, 5.41) is 9.80. The Morgan fingerprint density at radius 1 is 1.10 bits per heavy atom. The fourth-order valence-corrected chi connectivity index (χ4v) is 4.39. The second-order valence-corrected chi connectivity index (χ2v) is 9.97. The molecular weight excluding hydrogens is 483 g/mol. The second-order valence-electron chi connectivity index (χ2n) is 7.50. The summed E-state index contributed by atoms with van der Waals surface area (Å²) in [5.74, 6) is -0.695. The number of rotatable bonds is 6. The maximum Gasteiger partial charge on any atom is 0.238 e. The molecule has 0 saturated heterocycles. The summed E-state index contributed by atoms with van der Waals surface area (Å²) < 4.78 is 40.6. The van der Waals surface area contributed by atoms with E-state index in [1.807, 2.05) is 30.3 Å². The molecule has 0 bridgehead atoms. The van der Waals surface area contributed by atoms with Crippen LogP contribution in [-0.2, 0) is 23.0 Å². The first-order chi connectivity index (χ1) is 14.8. The largest absolute Gasteiger partial charge is 0.293 e. The first-order valence-electron chi connectivity index (χ1n) is 9.82. The molecule has 9 heteroatoms. The number of hydrogen-bond acceptors (Lipinski definition) is 4. The molecule has 31 heavy (non-hydrogen) atoms. The van der Waals surface area contributed by atoms with Crippen molar-refractivity contribution >= 4 is 26.0 Å². The molecule has 3 aromatic rings. The van der Waals surface area contributed by atoms with Crippen molar-refractivity contribution < 1.29 is 12.8 Å². The lowest BCUT2D eigenvalue weighted by atomic mass is 10.1. The highest BCUT2D eigenvalue weighted by Crippen LogP contribution is 2.23. The van der Waals surface area contributed by atoms with Crippen LogP contribution < -0.4 is 5.14 Å². The van der Waals surface area contributed by atoms with Crippen LogP contribution in [0.5, 0.6) is 0 Å². The third-order valence-electron chi connectivity index (χ3n) is 5.14. The summed E-state index contributed by atoms with van der Waals surface area (Å²) in [6.07, 6.45) is 5.85. The van der Waals surface area contributed by atoms with Gasteiger partial charge in [0.25, 0.3) is 0 Å². The van der Waals surface area contributed by atoms with E-state index in [9.17, 15) is 12.8 Å². The van der Waals surface area contributed by atoms with Crippen molar-refractivity contribution in [1.29, 1.82) is 0 Å². The zero-order chi connectivity index (χ0) is 22.0. The Kier molecular flexibility index (Phi) is 6.38. The average molecular weight is 505 g/mol. The number of nitrogens with zero attached hydrogens (tertiary/aromatic N) is 3. The lowest BCUT2D eigenvalue weighted by Crippen LogP contribution is -2.26. The predicted molar refractivity (Wildman–Crippen MR) is 121 cm³/mol. The zero-order valence-electron chi connectivity index (χ0n) is 16.7. The maximum absolute atomic E-state index is 14.9. The van der Waals surface area contributed by atoms with Gasteiger partial charge in [-0.05, 0) is 48.4 Å². The summed E-state index contributed by atoms with van der Waals surface area (Å²) in [7, 11) is -3.99. The highest BCUT2D eigenvalue weighted by atomic mass is 79.9. The Hall–Kier alpha value is -2.33. The highest BCUT2D eigenvalue weighted by molar-refractivity contribution is 9.10. The first kappa shape index (κ1) is 21.9. The Bertz CT molecular complexity index is 1220. The van der Waals surface area contributed by atoms with Crippen LogP contribution in [-0.4, -0.2) is 36.2 Å². The molecule has 1 aliphatic rings. The fourth-order valence-electron chi connectivity index (χ4n) is 3.60. The van der Waals surface area contributed by atoms with Gasteiger partial charge in [0.2, 0.25) is 10.0 Å². The number of halogens is 2. The molecule has 1 aromatic heterocycles. The van der Waals surface area contributed by atoms with E-state index in [-0.39, 0.29) is 10.6 Å². The summed E-state index contributed by atoms with van der Waals surface area (Å²) in [6, 6.07) is 13.5. The van der Waals surface area contributed by atoms with Crippen LogP contribution in [0.1, 0.15) is 23.4 Å². The molecule has 6 nitrogen and oxygen atoms in total. The van der Waals surface area contributed by atoms with Gasteiger partial charge < -0.3 is 0 Å². The van der Waals surface area contributed by atoms with E-state index in [1.165, 1.54) is 12.1 Å². The second kappa shape index (κ2) is 9.04. The van der Waals surface area contributed by atoms with Crippen LogP contribution in [0.25, 0.3) is 5.69 Å². The van der Waals surface area contributed by atoms with Crippen LogP contribution in [0.3, 0.4) is 0 Å². The lowest BCUT2D eigenvalue weighted by Gasteiger charge is -2.21. The van der Waals surface area contributed by atoms with E-state index in [0.717, 1.165) is 47.0 Å².